The summed E-state index contributed by atoms with van der Waals surface area (Å²) in [6.07, 6.45) is 1.11. The van der Waals surface area contributed by atoms with E-state index >= 15 is 0 Å². The number of rotatable bonds is 6. The molecule has 1 rings (SSSR count). The van der Waals surface area contributed by atoms with Crippen LogP contribution in [-0.4, -0.2) is 13.1 Å². The van der Waals surface area contributed by atoms with Gasteiger partial charge in [0, 0.05) is 5.02 Å². The Hall–Kier alpha value is -0.530. The Morgan fingerprint density at radius 3 is 2.25 bits per heavy atom. The fraction of sp³-hybridized carbons (Fsp3) is 0.571. The van der Waals surface area contributed by atoms with Crippen molar-refractivity contribution in [3.05, 3.63) is 34.9 Å². The summed E-state index contributed by atoms with van der Waals surface area (Å²) >= 11 is 5.85. The zero-order valence-electron chi connectivity index (χ0n) is 10.5. The first-order valence-electron chi connectivity index (χ1n) is 6.03. The van der Waals surface area contributed by atoms with Crippen LogP contribution in [0.2, 0.25) is 5.02 Å². The van der Waals surface area contributed by atoms with Crippen LogP contribution < -0.4 is 5.32 Å². The van der Waals surface area contributed by atoms with E-state index in [0.717, 1.165) is 30.5 Å². The van der Waals surface area contributed by atoms with Gasteiger partial charge in [0.1, 0.15) is 0 Å². The monoisotopic (exact) mass is 239 g/mol. The lowest BCUT2D eigenvalue weighted by atomic mass is 10.0. The van der Waals surface area contributed by atoms with E-state index in [1.807, 2.05) is 12.1 Å². The van der Waals surface area contributed by atoms with E-state index in [0.29, 0.717) is 5.92 Å². The van der Waals surface area contributed by atoms with Crippen LogP contribution >= 0.6 is 11.6 Å². The molecule has 1 aromatic carbocycles. The van der Waals surface area contributed by atoms with Gasteiger partial charge in [0.2, 0.25) is 0 Å². The molecule has 1 N–H and O–H groups in total. The van der Waals surface area contributed by atoms with E-state index in [-0.39, 0.29) is 0 Å². The topological polar surface area (TPSA) is 12.0 Å². The standard InChI is InChI=1S/C14H22ClN/c1-11(2)9-16-10-12(3)8-13-4-6-14(15)7-5-13/h4-7,11-12,16H,8-10H2,1-3H3. The van der Waals surface area contributed by atoms with Crippen LogP contribution in [0.25, 0.3) is 0 Å². The molecule has 1 aromatic rings. The summed E-state index contributed by atoms with van der Waals surface area (Å²) in [6, 6.07) is 8.15. The molecule has 2 heteroatoms. The highest BCUT2D eigenvalue weighted by atomic mass is 35.5. The van der Waals surface area contributed by atoms with Gasteiger partial charge >= 0.3 is 0 Å². The Labute approximate surface area is 104 Å². The minimum atomic E-state index is 0.667. The normalized spacial score (nSPS) is 13.1. The minimum Gasteiger partial charge on any atom is -0.316 e. The summed E-state index contributed by atoms with van der Waals surface area (Å²) < 4.78 is 0. The Morgan fingerprint density at radius 1 is 1.06 bits per heavy atom. The number of halogens is 1. The highest BCUT2D eigenvalue weighted by Gasteiger charge is 2.03. The Balaban J connectivity index is 2.28. The predicted octanol–water partition coefficient (Wildman–Crippen LogP) is 3.76. The molecule has 0 saturated heterocycles. The van der Waals surface area contributed by atoms with Gasteiger partial charge in [0.25, 0.3) is 0 Å². The largest absolute Gasteiger partial charge is 0.316 e. The fourth-order valence-electron chi connectivity index (χ4n) is 1.71. The molecule has 1 unspecified atom stereocenters. The van der Waals surface area contributed by atoms with Gasteiger partial charge in [-0.1, -0.05) is 44.5 Å². The van der Waals surface area contributed by atoms with Crippen molar-refractivity contribution in [3.63, 3.8) is 0 Å². The van der Waals surface area contributed by atoms with E-state index in [9.17, 15) is 0 Å². The van der Waals surface area contributed by atoms with E-state index in [1.54, 1.807) is 0 Å². The van der Waals surface area contributed by atoms with Gasteiger partial charge in [-0.15, -0.1) is 0 Å². The Kier molecular flexibility index (Phi) is 5.86. The van der Waals surface area contributed by atoms with Gasteiger partial charge in [-0.05, 0) is 49.0 Å². The minimum absolute atomic E-state index is 0.667. The lowest BCUT2D eigenvalue weighted by molar-refractivity contribution is 0.473. The van der Waals surface area contributed by atoms with Crippen LogP contribution in [0.4, 0.5) is 0 Å². The highest BCUT2D eigenvalue weighted by Crippen LogP contribution is 2.12. The molecule has 16 heavy (non-hydrogen) atoms. The average Bonchev–Trinajstić information content (AvgIpc) is 2.21. The lowest BCUT2D eigenvalue weighted by Crippen LogP contribution is -2.26. The van der Waals surface area contributed by atoms with Crippen LogP contribution in [0, 0.1) is 11.8 Å². The third kappa shape index (κ3) is 5.53. The molecule has 90 valence electrons. The summed E-state index contributed by atoms with van der Waals surface area (Å²) in [5.74, 6) is 1.39. The summed E-state index contributed by atoms with van der Waals surface area (Å²) in [5, 5.41) is 4.30. The summed E-state index contributed by atoms with van der Waals surface area (Å²) in [6.45, 7) is 8.93. The quantitative estimate of drug-likeness (QED) is 0.797. The first-order valence-corrected chi connectivity index (χ1v) is 6.41. The van der Waals surface area contributed by atoms with Crippen molar-refractivity contribution >= 4 is 11.6 Å². The van der Waals surface area contributed by atoms with Crippen molar-refractivity contribution in [1.82, 2.24) is 5.32 Å². The van der Waals surface area contributed by atoms with Crippen LogP contribution in [0.5, 0.6) is 0 Å². The summed E-state index contributed by atoms with van der Waals surface area (Å²) in [4.78, 5) is 0. The lowest BCUT2D eigenvalue weighted by Gasteiger charge is -2.14. The average molecular weight is 240 g/mol. The molecular formula is C14H22ClN. The van der Waals surface area contributed by atoms with Gasteiger partial charge < -0.3 is 5.32 Å². The molecule has 1 atom stereocenters. The van der Waals surface area contributed by atoms with Crippen molar-refractivity contribution in [2.45, 2.75) is 27.2 Å². The molecule has 0 aliphatic rings. The van der Waals surface area contributed by atoms with Crippen molar-refractivity contribution in [2.75, 3.05) is 13.1 Å². The van der Waals surface area contributed by atoms with Crippen molar-refractivity contribution in [1.29, 1.82) is 0 Å². The third-order valence-electron chi connectivity index (χ3n) is 2.54. The smallest absolute Gasteiger partial charge is 0.0406 e. The first kappa shape index (κ1) is 13.5. The molecule has 0 amide bonds. The SMILES string of the molecule is CC(C)CNCC(C)Cc1ccc(Cl)cc1. The third-order valence-corrected chi connectivity index (χ3v) is 2.79. The van der Waals surface area contributed by atoms with Crippen molar-refractivity contribution < 1.29 is 0 Å². The van der Waals surface area contributed by atoms with Gasteiger partial charge in [0.15, 0.2) is 0 Å². The first-order chi connectivity index (χ1) is 7.58. The van der Waals surface area contributed by atoms with Gasteiger partial charge in [-0.3, -0.25) is 0 Å². The second kappa shape index (κ2) is 6.93. The molecule has 0 aromatic heterocycles. The second-order valence-electron chi connectivity index (χ2n) is 4.99. The Bertz CT molecular complexity index is 292. The fourth-order valence-corrected chi connectivity index (χ4v) is 1.84. The molecule has 0 saturated carbocycles. The second-order valence-corrected chi connectivity index (χ2v) is 5.42. The molecule has 1 nitrogen and oxygen atoms in total. The molecule has 0 spiro atoms. The zero-order valence-corrected chi connectivity index (χ0v) is 11.2. The predicted molar refractivity (Wildman–Crippen MR) is 72.0 cm³/mol. The van der Waals surface area contributed by atoms with Crippen LogP contribution in [0.15, 0.2) is 24.3 Å². The molecule has 0 aliphatic carbocycles. The Morgan fingerprint density at radius 2 is 1.69 bits per heavy atom. The molecule has 0 radical (unpaired) electrons. The van der Waals surface area contributed by atoms with E-state index < -0.39 is 0 Å². The molecule has 0 heterocycles. The van der Waals surface area contributed by atoms with E-state index in [4.69, 9.17) is 11.6 Å². The molecule has 0 bridgehead atoms. The van der Waals surface area contributed by atoms with Gasteiger partial charge in [-0.2, -0.15) is 0 Å². The number of hydrogen-bond donors (Lipinski definition) is 1. The molecule has 0 aliphatic heterocycles. The van der Waals surface area contributed by atoms with Crippen molar-refractivity contribution in [3.8, 4) is 0 Å². The highest BCUT2D eigenvalue weighted by molar-refractivity contribution is 6.30. The number of benzene rings is 1. The molecule has 0 fully saturated rings. The van der Waals surface area contributed by atoms with Crippen LogP contribution in [0.1, 0.15) is 26.3 Å². The molecular weight excluding hydrogens is 218 g/mol. The van der Waals surface area contributed by atoms with Crippen LogP contribution in [-0.2, 0) is 6.42 Å². The van der Waals surface area contributed by atoms with Crippen molar-refractivity contribution in [2.24, 2.45) is 11.8 Å². The maximum Gasteiger partial charge on any atom is 0.0406 e. The number of nitrogens with one attached hydrogen (secondary N) is 1. The van der Waals surface area contributed by atoms with E-state index in [2.05, 4.69) is 38.2 Å². The maximum atomic E-state index is 5.85. The van der Waals surface area contributed by atoms with E-state index in [1.165, 1.54) is 5.56 Å². The number of hydrogen-bond acceptors (Lipinski definition) is 1. The van der Waals surface area contributed by atoms with Gasteiger partial charge in [0.05, 0.1) is 0 Å². The van der Waals surface area contributed by atoms with Gasteiger partial charge in [-0.25, -0.2) is 0 Å². The summed E-state index contributed by atoms with van der Waals surface area (Å²) in [5.41, 5.74) is 1.36. The zero-order chi connectivity index (χ0) is 12.0. The summed E-state index contributed by atoms with van der Waals surface area (Å²) in [7, 11) is 0. The van der Waals surface area contributed by atoms with Crippen LogP contribution in [0.3, 0.4) is 0 Å². The maximum absolute atomic E-state index is 5.85.